The standard InChI is InChI=1S/ClH.4H2N.Pd.H/h1H;4*1H2;;/q;4*-1;+1;/p-1. The molecule has 0 aliphatic carbocycles. The molecular formula is H9ClN4Pd-4. The van der Waals surface area contributed by atoms with Crippen molar-refractivity contribution < 1.29 is 18.2 Å². The maximum Gasteiger partial charge on any atom is -0.693 e. The van der Waals surface area contributed by atoms with Gasteiger partial charge in [0.25, 0.3) is 0 Å². The van der Waals surface area contributed by atoms with Crippen LogP contribution in [-0.4, -0.2) is 0 Å². The predicted molar refractivity (Wildman–Crippen MR) is 28.4 cm³/mol. The Morgan fingerprint density at radius 3 is 0.667 bits per heavy atom. The van der Waals surface area contributed by atoms with Crippen molar-refractivity contribution >= 4 is 9.53 Å². The average molecular weight is 207 g/mol. The molecule has 0 aromatic heterocycles. The molecule has 0 heterocycles. The zero-order valence-electron chi connectivity index (χ0n) is 3.02. The molecule has 4 nitrogen and oxygen atoms in total. The summed E-state index contributed by atoms with van der Waals surface area (Å²) in [5, 5.41) is 0. The number of nitrogens with two attached hydrogens (primary N) is 4. The molecule has 0 fully saturated rings. The Balaban J connectivity index is -0.000000000833. The molecule has 0 aromatic carbocycles. The van der Waals surface area contributed by atoms with Crippen LogP contribution in [0.1, 0.15) is 0 Å². The summed E-state index contributed by atoms with van der Waals surface area (Å²) in [6.07, 6.45) is 0. The first-order valence-electron chi connectivity index (χ1n) is 0.126. The first kappa shape index (κ1) is 70.9. The summed E-state index contributed by atoms with van der Waals surface area (Å²) >= 11 is 2.02. The van der Waals surface area contributed by atoms with Crippen molar-refractivity contribution in [1.29, 1.82) is 0 Å². The van der Waals surface area contributed by atoms with Crippen molar-refractivity contribution in [2.45, 2.75) is 0 Å². The first-order valence-corrected chi connectivity index (χ1v) is 2.24. The second kappa shape index (κ2) is 212. The van der Waals surface area contributed by atoms with E-state index >= 15 is 0 Å². The summed E-state index contributed by atoms with van der Waals surface area (Å²) in [4.78, 5) is 0. The van der Waals surface area contributed by atoms with Gasteiger partial charge in [0.15, 0.2) is 0 Å². The second-order valence-electron chi connectivity index (χ2n) is 0. The van der Waals surface area contributed by atoms with E-state index in [1.54, 1.807) is 0 Å². The maximum atomic E-state index is 4.53. The van der Waals surface area contributed by atoms with Crippen LogP contribution in [0.4, 0.5) is 0 Å². The minimum absolute atomic E-state index is 0. The Morgan fingerprint density at radius 1 is 0.667 bits per heavy atom. The van der Waals surface area contributed by atoms with Gasteiger partial charge in [-0.2, -0.15) is 0 Å². The summed E-state index contributed by atoms with van der Waals surface area (Å²) in [6, 6.07) is 0. The van der Waals surface area contributed by atoms with Gasteiger partial charge in [-0.15, -0.1) is 0 Å². The second-order valence-corrected chi connectivity index (χ2v) is 0. The molecule has 8 N–H and O–H groups in total. The third-order valence-corrected chi connectivity index (χ3v) is 0. The Bertz CT molecular complexity index is 7.51. The van der Waals surface area contributed by atoms with Crippen LogP contribution in [0.15, 0.2) is 0 Å². The normalized spacial score (nSPS) is 1.17. The van der Waals surface area contributed by atoms with Crippen molar-refractivity contribution in [3.8, 4) is 0 Å². The van der Waals surface area contributed by atoms with E-state index in [9.17, 15) is 0 Å². The zero-order valence-corrected chi connectivity index (χ0v) is 5.42. The molecule has 0 amide bonds. The summed E-state index contributed by atoms with van der Waals surface area (Å²) in [7, 11) is 4.53. The third kappa shape index (κ3) is 110. The van der Waals surface area contributed by atoms with Crippen LogP contribution in [-0.2, 0) is 18.2 Å². The molecule has 0 aromatic rings. The number of rotatable bonds is 0. The smallest absolute Gasteiger partial charge is 0.693 e. The summed E-state index contributed by atoms with van der Waals surface area (Å²) in [5.41, 5.74) is 0. The van der Waals surface area contributed by atoms with E-state index in [1.807, 2.05) is 18.2 Å². The topological polar surface area (TPSA) is 134 Å². The number of hydrogen-bond acceptors (Lipinski definition) is 0. The predicted octanol–water partition coefficient (Wildman–Crippen LogP) is 3.29. The molecule has 0 radical (unpaired) electrons. The van der Waals surface area contributed by atoms with Crippen molar-refractivity contribution in [1.82, 2.24) is 0 Å². The third-order valence-electron chi connectivity index (χ3n) is 0. The van der Waals surface area contributed by atoms with Gasteiger partial charge in [-0.1, -0.05) is 0 Å². The Labute approximate surface area is 52.7 Å². The Kier molecular flexibility index (Phi) is 2510. The van der Waals surface area contributed by atoms with Crippen LogP contribution in [0.25, 0.3) is 24.6 Å². The van der Waals surface area contributed by atoms with Gasteiger partial charge < -0.3 is 24.6 Å². The van der Waals surface area contributed by atoms with Gasteiger partial charge in [-0.3, -0.25) is 0 Å². The number of halogens is 1. The van der Waals surface area contributed by atoms with Crippen LogP contribution < -0.4 is 0 Å². The molecule has 0 rings (SSSR count). The molecule has 0 saturated heterocycles. The average Bonchev–Trinajstić information content (AvgIpc) is 1.00. The molecule has 0 atom stereocenters. The van der Waals surface area contributed by atoms with Crippen LogP contribution >= 0.6 is 9.53 Å². The Hall–Kier alpha value is 0.792. The summed E-state index contributed by atoms with van der Waals surface area (Å²) < 4.78 is 0. The largest absolute Gasteiger partial charge is 0.693 e. The van der Waals surface area contributed by atoms with E-state index in [0.717, 1.165) is 0 Å². The molecule has 50 valence electrons. The molecular weight excluding hydrogens is 198 g/mol. The molecule has 0 bridgehead atoms. The van der Waals surface area contributed by atoms with Gasteiger partial charge in [0.05, 0.1) is 0 Å². The van der Waals surface area contributed by atoms with E-state index in [2.05, 4.69) is 9.53 Å². The van der Waals surface area contributed by atoms with E-state index < -0.39 is 0 Å². The van der Waals surface area contributed by atoms with Crippen molar-refractivity contribution in [2.24, 2.45) is 0 Å². The van der Waals surface area contributed by atoms with Crippen LogP contribution in [0.3, 0.4) is 0 Å². The van der Waals surface area contributed by atoms with Crippen molar-refractivity contribution in [2.75, 3.05) is 0 Å². The fourth-order valence-electron chi connectivity index (χ4n) is 0. The minimum Gasteiger partial charge on any atom is -0.693 e. The quantitative estimate of drug-likeness (QED) is 0.538. The van der Waals surface area contributed by atoms with Gasteiger partial charge in [0, 0.05) is 0 Å². The minimum atomic E-state index is 0. The summed E-state index contributed by atoms with van der Waals surface area (Å²) in [5.74, 6) is 0. The molecule has 6 heavy (non-hydrogen) atoms. The molecule has 0 aliphatic rings. The number of hydrogen-bond donors (Lipinski definition) is 0. The van der Waals surface area contributed by atoms with E-state index in [-0.39, 0.29) is 24.6 Å². The van der Waals surface area contributed by atoms with Crippen molar-refractivity contribution in [3.05, 3.63) is 24.6 Å². The molecule has 0 aliphatic heterocycles. The van der Waals surface area contributed by atoms with Gasteiger partial charge in [-0.25, -0.2) is 0 Å². The molecule has 0 unspecified atom stereocenters. The van der Waals surface area contributed by atoms with Gasteiger partial charge in [0.1, 0.15) is 0 Å². The monoisotopic (exact) mass is 206 g/mol. The van der Waals surface area contributed by atoms with Gasteiger partial charge in [-0.05, 0) is 0 Å². The van der Waals surface area contributed by atoms with Crippen LogP contribution in [0, 0.1) is 0 Å². The zero-order chi connectivity index (χ0) is 2.00. The van der Waals surface area contributed by atoms with Crippen molar-refractivity contribution in [3.63, 3.8) is 0 Å². The fraction of sp³-hybridized carbons (Fsp3) is 0. The van der Waals surface area contributed by atoms with Gasteiger partial charge in [0.2, 0.25) is 0 Å². The summed E-state index contributed by atoms with van der Waals surface area (Å²) in [6.45, 7) is 0. The molecule has 0 saturated carbocycles. The van der Waals surface area contributed by atoms with Crippen LogP contribution in [0.5, 0.6) is 0 Å². The molecule has 0 spiro atoms. The SMILES string of the molecule is [Cl][PdH].[NH2-].[NH2-].[NH2-].[NH2-]. The molecule has 6 heteroatoms. The van der Waals surface area contributed by atoms with E-state index in [1.165, 1.54) is 0 Å². The van der Waals surface area contributed by atoms with E-state index in [0.29, 0.717) is 0 Å². The van der Waals surface area contributed by atoms with Gasteiger partial charge >= 0.3 is 27.7 Å². The van der Waals surface area contributed by atoms with E-state index in [4.69, 9.17) is 0 Å². The Morgan fingerprint density at radius 2 is 0.667 bits per heavy atom. The maximum absolute atomic E-state index is 4.53. The first-order chi connectivity index (χ1) is 1.00. The van der Waals surface area contributed by atoms with Crippen LogP contribution in [0.2, 0.25) is 0 Å². The fourth-order valence-corrected chi connectivity index (χ4v) is 0.